The van der Waals surface area contributed by atoms with Gasteiger partial charge in [0.2, 0.25) is 0 Å². The maximum atomic E-state index is 4.59. The van der Waals surface area contributed by atoms with Crippen molar-refractivity contribution >= 4 is 28.9 Å². The molecule has 118 valence electrons. The van der Waals surface area contributed by atoms with Crippen LogP contribution in [0.3, 0.4) is 0 Å². The summed E-state index contributed by atoms with van der Waals surface area (Å²) in [5, 5.41) is 3.13. The number of rotatable bonds is 3. The van der Waals surface area contributed by atoms with Crippen molar-refractivity contribution in [3.8, 4) is 11.5 Å². The van der Waals surface area contributed by atoms with Gasteiger partial charge in [-0.15, -0.1) is 0 Å². The molecule has 0 aliphatic carbocycles. The van der Waals surface area contributed by atoms with Crippen molar-refractivity contribution in [2.24, 2.45) is 10.4 Å². The summed E-state index contributed by atoms with van der Waals surface area (Å²) in [6.45, 7) is 6.30. The lowest BCUT2D eigenvalue weighted by atomic mass is 9.99. The minimum Gasteiger partial charge on any atom is -0.385 e. The Hall–Kier alpha value is -2.76. The van der Waals surface area contributed by atoms with Gasteiger partial charge in [0, 0.05) is 19.5 Å². The van der Waals surface area contributed by atoms with E-state index in [4.69, 9.17) is 0 Å². The van der Waals surface area contributed by atoms with Crippen LogP contribution in [-0.4, -0.2) is 33.2 Å². The van der Waals surface area contributed by atoms with Gasteiger partial charge in [-0.1, -0.05) is 26.8 Å². The van der Waals surface area contributed by atoms with Gasteiger partial charge in [-0.3, -0.25) is 4.98 Å². The molecular weight excluding hydrogens is 288 g/mol. The second kappa shape index (κ2) is 5.79. The van der Waals surface area contributed by atoms with Crippen molar-refractivity contribution in [2.45, 2.75) is 20.8 Å². The molecule has 0 unspecified atom stereocenters. The number of imidazole rings is 1. The molecule has 3 aromatic rings. The number of aromatic nitrogens is 4. The molecule has 0 aromatic carbocycles. The highest BCUT2D eigenvalue weighted by atomic mass is 15.1. The largest absolute Gasteiger partial charge is 0.385 e. The molecule has 3 aromatic heterocycles. The number of nitrogens with zero attached hydrogens (tertiary/aromatic N) is 4. The third kappa shape index (κ3) is 3.36. The molecule has 6 nitrogen and oxygen atoms in total. The Labute approximate surface area is 135 Å². The van der Waals surface area contributed by atoms with Crippen molar-refractivity contribution < 1.29 is 0 Å². The van der Waals surface area contributed by atoms with Gasteiger partial charge < -0.3 is 10.3 Å². The van der Waals surface area contributed by atoms with Crippen LogP contribution in [0.5, 0.6) is 0 Å². The standard InChI is InChI=1S/C17H20N6/c1-17(2,3)10-20-14-12(18-4)9-13-16(22-14)23-15(21-13)11-7-5-6-8-19-11/h5-10,18H,1-4H3,(H,21,22,23)/b20-10+. The molecule has 23 heavy (non-hydrogen) atoms. The Kier molecular flexibility index (Phi) is 3.82. The molecular formula is C17H20N6. The second-order valence-corrected chi connectivity index (χ2v) is 6.40. The van der Waals surface area contributed by atoms with Crippen LogP contribution >= 0.6 is 0 Å². The predicted octanol–water partition coefficient (Wildman–Crippen LogP) is 3.81. The normalized spacial score (nSPS) is 12.2. The number of H-pyrrole nitrogens is 1. The van der Waals surface area contributed by atoms with E-state index in [1.165, 1.54) is 0 Å². The van der Waals surface area contributed by atoms with Crippen LogP contribution in [0.15, 0.2) is 35.5 Å². The molecule has 0 aliphatic heterocycles. The first-order valence-electron chi connectivity index (χ1n) is 7.51. The average Bonchev–Trinajstić information content (AvgIpc) is 2.95. The smallest absolute Gasteiger partial charge is 0.177 e. The summed E-state index contributed by atoms with van der Waals surface area (Å²) in [5.41, 5.74) is 3.11. The van der Waals surface area contributed by atoms with Crippen molar-refractivity contribution in [3.05, 3.63) is 30.5 Å². The predicted molar refractivity (Wildman–Crippen MR) is 94.3 cm³/mol. The number of nitrogens with one attached hydrogen (secondary N) is 2. The summed E-state index contributed by atoms with van der Waals surface area (Å²) in [4.78, 5) is 21.2. The fourth-order valence-corrected chi connectivity index (χ4v) is 2.09. The maximum absolute atomic E-state index is 4.59. The number of fused-ring (bicyclic) bond motifs is 1. The monoisotopic (exact) mass is 308 g/mol. The molecule has 0 bridgehead atoms. The molecule has 0 aliphatic rings. The van der Waals surface area contributed by atoms with Crippen molar-refractivity contribution in [3.63, 3.8) is 0 Å². The molecule has 2 N–H and O–H groups in total. The minimum atomic E-state index is -0.00521. The highest BCUT2D eigenvalue weighted by molar-refractivity contribution is 5.84. The van der Waals surface area contributed by atoms with E-state index >= 15 is 0 Å². The van der Waals surface area contributed by atoms with E-state index in [0.717, 1.165) is 16.9 Å². The van der Waals surface area contributed by atoms with Crippen LogP contribution in [-0.2, 0) is 0 Å². The third-order valence-corrected chi connectivity index (χ3v) is 3.20. The Morgan fingerprint density at radius 3 is 2.70 bits per heavy atom. The Bertz CT molecular complexity index is 843. The van der Waals surface area contributed by atoms with Gasteiger partial charge in [-0.05, 0) is 23.6 Å². The van der Waals surface area contributed by atoms with Gasteiger partial charge in [0.25, 0.3) is 0 Å². The van der Waals surface area contributed by atoms with Crippen LogP contribution in [0.2, 0.25) is 0 Å². The molecule has 0 atom stereocenters. The minimum absolute atomic E-state index is 0.00521. The SMILES string of the molecule is CNc1cc2nc(-c3ccccn3)[nH]c2nc1/N=C/C(C)(C)C. The fourth-order valence-electron chi connectivity index (χ4n) is 2.09. The average molecular weight is 308 g/mol. The number of hydrogen-bond acceptors (Lipinski definition) is 5. The van der Waals surface area contributed by atoms with Gasteiger partial charge in [-0.2, -0.15) is 0 Å². The summed E-state index contributed by atoms with van der Waals surface area (Å²) in [5.74, 6) is 1.35. The van der Waals surface area contributed by atoms with Crippen LogP contribution in [0.1, 0.15) is 20.8 Å². The first kappa shape index (κ1) is 15.1. The van der Waals surface area contributed by atoms with Gasteiger partial charge in [0.05, 0.1) is 5.69 Å². The van der Waals surface area contributed by atoms with E-state index in [0.29, 0.717) is 17.3 Å². The van der Waals surface area contributed by atoms with Gasteiger partial charge in [0.15, 0.2) is 17.3 Å². The maximum Gasteiger partial charge on any atom is 0.177 e. The summed E-state index contributed by atoms with van der Waals surface area (Å²) in [6, 6.07) is 7.67. The molecule has 0 fully saturated rings. The van der Waals surface area contributed by atoms with Crippen LogP contribution < -0.4 is 5.32 Å². The van der Waals surface area contributed by atoms with E-state index in [9.17, 15) is 0 Å². The second-order valence-electron chi connectivity index (χ2n) is 6.40. The van der Waals surface area contributed by atoms with E-state index in [-0.39, 0.29) is 5.41 Å². The number of anilines is 1. The van der Waals surface area contributed by atoms with Crippen LogP contribution in [0.25, 0.3) is 22.7 Å². The molecule has 0 spiro atoms. The number of aliphatic imine (C=N–C) groups is 1. The molecule has 6 heteroatoms. The highest BCUT2D eigenvalue weighted by Crippen LogP contribution is 2.28. The lowest BCUT2D eigenvalue weighted by Crippen LogP contribution is -2.05. The fraction of sp³-hybridized carbons (Fsp3) is 0.294. The molecule has 3 heterocycles. The first-order valence-corrected chi connectivity index (χ1v) is 7.51. The van der Waals surface area contributed by atoms with E-state index in [2.05, 4.69) is 51.0 Å². The molecule has 0 radical (unpaired) electrons. The summed E-state index contributed by atoms with van der Waals surface area (Å²) in [6.07, 6.45) is 3.64. The number of hydrogen-bond donors (Lipinski definition) is 2. The number of pyridine rings is 2. The van der Waals surface area contributed by atoms with E-state index in [1.807, 2.05) is 37.5 Å². The zero-order chi connectivity index (χ0) is 16.4. The lowest BCUT2D eigenvalue weighted by molar-refractivity contribution is 0.607. The van der Waals surface area contributed by atoms with Gasteiger partial charge in [-0.25, -0.2) is 15.0 Å². The van der Waals surface area contributed by atoms with Gasteiger partial charge in [0.1, 0.15) is 11.2 Å². The summed E-state index contributed by atoms with van der Waals surface area (Å²) >= 11 is 0. The van der Waals surface area contributed by atoms with Gasteiger partial charge >= 0.3 is 0 Å². The number of aromatic amines is 1. The summed E-state index contributed by atoms with van der Waals surface area (Å²) < 4.78 is 0. The quantitative estimate of drug-likeness (QED) is 0.721. The van der Waals surface area contributed by atoms with Crippen molar-refractivity contribution in [1.82, 2.24) is 19.9 Å². The van der Waals surface area contributed by atoms with E-state index in [1.54, 1.807) is 6.20 Å². The Morgan fingerprint density at radius 2 is 2.04 bits per heavy atom. The first-order chi connectivity index (χ1) is 11.0. The Morgan fingerprint density at radius 1 is 1.22 bits per heavy atom. The molecule has 0 amide bonds. The molecule has 3 rings (SSSR count). The van der Waals surface area contributed by atoms with Crippen LogP contribution in [0.4, 0.5) is 11.5 Å². The zero-order valence-electron chi connectivity index (χ0n) is 13.8. The van der Waals surface area contributed by atoms with Crippen LogP contribution in [0, 0.1) is 5.41 Å². The third-order valence-electron chi connectivity index (χ3n) is 3.20. The van der Waals surface area contributed by atoms with Crippen molar-refractivity contribution in [2.75, 3.05) is 12.4 Å². The highest BCUT2D eigenvalue weighted by Gasteiger charge is 2.12. The Balaban J connectivity index is 2.08. The topological polar surface area (TPSA) is 78.9 Å². The molecule has 0 saturated carbocycles. The lowest BCUT2D eigenvalue weighted by Gasteiger charge is -2.10. The zero-order valence-corrected chi connectivity index (χ0v) is 13.8. The van der Waals surface area contributed by atoms with Crippen molar-refractivity contribution in [1.29, 1.82) is 0 Å². The molecule has 0 saturated heterocycles. The summed E-state index contributed by atoms with van der Waals surface area (Å²) in [7, 11) is 1.85. The van der Waals surface area contributed by atoms with E-state index < -0.39 is 0 Å².